The normalized spacial score (nSPS) is 16.6. The van der Waals surface area contributed by atoms with Crippen LogP contribution in [0, 0.1) is 11.8 Å². The van der Waals surface area contributed by atoms with E-state index in [9.17, 15) is 0 Å². The Morgan fingerprint density at radius 1 is 1.20 bits per heavy atom. The second kappa shape index (κ2) is 8.28. The van der Waals surface area contributed by atoms with Gasteiger partial charge in [-0.15, -0.1) is 0 Å². The molecule has 1 heterocycles. The van der Waals surface area contributed by atoms with Crippen molar-refractivity contribution in [1.82, 2.24) is 5.32 Å². The van der Waals surface area contributed by atoms with E-state index in [0.717, 1.165) is 51.5 Å². The summed E-state index contributed by atoms with van der Waals surface area (Å²) in [7, 11) is 0. The molecule has 0 aliphatic carbocycles. The smallest absolute Gasteiger partial charge is 0.119 e. The number of hydrogen-bond donors (Lipinski definition) is 1. The maximum atomic E-state index is 5.87. The maximum absolute atomic E-state index is 5.87. The number of nitrogens with one attached hydrogen (secondary N) is 1. The third kappa shape index (κ3) is 5.51. The van der Waals surface area contributed by atoms with Crippen LogP contribution in [0.5, 0.6) is 5.75 Å². The molecule has 112 valence electrons. The molecule has 0 atom stereocenters. The Balaban J connectivity index is 1.70. The predicted molar refractivity (Wildman–Crippen MR) is 82.0 cm³/mol. The molecule has 0 saturated carbocycles. The Labute approximate surface area is 122 Å². The lowest BCUT2D eigenvalue weighted by Gasteiger charge is -2.22. The fourth-order valence-corrected chi connectivity index (χ4v) is 2.34. The Morgan fingerprint density at radius 2 is 1.90 bits per heavy atom. The molecule has 0 bridgehead atoms. The molecule has 1 aromatic carbocycles. The molecular weight excluding hydrogens is 250 g/mol. The first kappa shape index (κ1) is 15.3. The first-order valence-corrected chi connectivity index (χ1v) is 7.74. The van der Waals surface area contributed by atoms with Gasteiger partial charge in [0.2, 0.25) is 0 Å². The van der Waals surface area contributed by atoms with Gasteiger partial charge in [-0.2, -0.15) is 0 Å². The Morgan fingerprint density at radius 3 is 2.55 bits per heavy atom. The molecule has 3 nitrogen and oxygen atoms in total. The molecule has 2 rings (SSSR count). The molecule has 1 saturated heterocycles. The van der Waals surface area contributed by atoms with Gasteiger partial charge in [0.1, 0.15) is 5.75 Å². The molecule has 1 aromatic rings. The van der Waals surface area contributed by atoms with E-state index < -0.39 is 0 Å². The van der Waals surface area contributed by atoms with Crippen LogP contribution < -0.4 is 10.1 Å². The lowest BCUT2D eigenvalue weighted by Crippen LogP contribution is -2.21. The van der Waals surface area contributed by atoms with Gasteiger partial charge in [0.05, 0.1) is 6.61 Å². The van der Waals surface area contributed by atoms with Gasteiger partial charge >= 0.3 is 0 Å². The van der Waals surface area contributed by atoms with Gasteiger partial charge in [-0.05, 0) is 48.9 Å². The number of ether oxygens (including phenoxy) is 2. The van der Waals surface area contributed by atoms with Crippen LogP contribution >= 0.6 is 0 Å². The zero-order valence-electron chi connectivity index (χ0n) is 12.7. The van der Waals surface area contributed by atoms with Crippen LogP contribution in [0.4, 0.5) is 0 Å². The SMILES string of the molecule is CC(C)CNCc1ccc(OCC2CCOCC2)cc1. The fraction of sp³-hybridized carbons (Fsp3) is 0.647. The first-order chi connectivity index (χ1) is 9.74. The van der Waals surface area contributed by atoms with E-state index in [2.05, 4.69) is 43.4 Å². The highest BCUT2D eigenvalue weighted by Crippen LogP contribution is 2.18. The molecule has 1 aliphatic rings. The van der Waals surface area contributed by atoms with Crippen molar-refractivity contribution in [3.05, 3.63) is 29.8 Å². The molecule has 0 aromatic heterocycles. The van der Waals surface area contributed by atoms with Gasteiger partial charge in [0.25, 0.3) is 0 Å². The van der Waals surface area contributed by atoms with Crippen molar-refractivity contribution < 1.29 is 9.47 Å². The van der Waals surface area contributed by atoms with Crippen molar-refractivity contribution in [1.29, 1.82) is 0 Å². The second-order valence-corrected chi connectivity index (χ2v) is 6.04. The summed E-state index contributed by atoms with van der Waals surface area (Å²) in [6.45, 7) is 9.01. The zero-order chi connectivity index (χ0) is 14.2. The van der Waals surface area contributed by atoms with E-state index in [0.29, 0.717) is 11.8 Å². The largest absolute Gasteiger partial charge is 0.493 e. The molecular formula is C17H27NO2. The van der Waals surface area contributed by atoms with Crippen molar-refractivity contribution in [2.75, 3.05) is 26.4 Å². The third-order valence-electron chi connectivity index (χ3n) is 3.63. The van der Waals surface area contributed by atoms with Gasteiger partial charge < -0.3 is 14.8 Å². The summed E-state index contributed by atoms with van der Waals surface area (Å²) in [5, 5.41) is 3.45. The Kier molecular flexibility index (Phi) is 6.34. The van der Waals surface area contributed by atoms with Crippen molar-refractivity contribution >= 4 is 0 Å². The summed E-state index contributed by atoms with van der Waals surface area (Å²) < 4.78 is 11.2. The highest BCUT2D eigenvalue weighted by molar-refractivity contribution is 5.27. The van der Waals surface area contributed by atoms with Gasteiger partial charge in [-0.3, -0.25) is 0 Å². The summed E-state index contributed by atoms with van der Waals surface area (Å²) in [6, 6.07) is 8.44. The van der Waals surface area contributed by atoms with Crippen LogP contribution in [0.1, 0.15) is 32.3 Å². The van der Waals surface area contributed by atoms with Crippen LogP contribution in [0.2, 0.25) is 0 Å². The first-order valence-electron chi connectivity index (χ1n) is 7.74. The highest BCUT2D eigenvalue weighted by atomic mass is 16.5. The van der Waals surface area contributed by atoms with E-state index in [1.807, 2.05) is 0 Å². The molecule has 0 amide bonds. The van der Waals surface area contributed by atoms with E-state index in [-0.39, 0.29) is 0 Å². The summed E-state index contributed by atoms with van der Waals surface area (Å²) in [5.41, 5.74) is 1.31. The van der Waals surface area contributed by atoms with Crippen LogP contribution in [0.15, 0.2) is 24.3 Å². The van der Waals surface area contributed by atoms with E-state index in [1.165, 1.54) is 5.56 Å². The average molecular weight is 277 g/mol. The van der Waals surface area contributed by atoms with Crippen LogP contribution in [0.3, 0.4) is 0 Å². The fourth-order valence-electron chi connectivity index (χ4n) is 2.34. The minimum Gasteiger partial charge on any atom is -0.493 e. The monoisotopic (exact) mass is 277 g/mol. The molecule has 20 heavy (non-hydrogen) atoms. The van der Waals surface area contributed by atoms with Gasteiger partial charge in [0, 0.05) is 19.8 Å². The molecule has 0 radical (unpaired) electrons. The van der Waals surface area contributed by atoms with Crippen molar-refractivity contribution in [2.24, 2.45) is 11.8 Å². The average Bonchev–Trinajstić information content (AvgIpc) is 2.47. The van der Waals surface area contributed by atoms with Crippen LogP contribution in [0.25, 0.3) is 0 Å². The predicted octanol–water partition coefficient (Wildman–Crippen LogP) is 3.24. The number of rotatable bonds is 7. The minimum atomic E-state index is 0.649. The quantitative estimate of drug-likeness (QED) is 0.830. The molecule has 0 spiro atoms. The van der Waals surface area contributed by atoms with Crippen LogP contribution in [-0.2, 0) is 11.3 Å². The van der Waals surface area contributed by atoms with E-state index in [1.54, 1.807) is 0 Å². The van der Waals surface area contributed by atoms with Crippen molar-refractivity contribution in [3.8, 4) is 5.75 Å². The minimum absolute atomic E-state index is 0.649. The Hall–Kier alpha value is -1.06. The van der Waals surface area contributed by atoms with E-state index in [4.69, 9.17) is 9.47 Å². The van der Waals surface area contributed by atoms with Crippen molar-refractivity contribution in [3.63, 3.8) is 0 Å². The van der Waals surface area contributed by atoms with Crippen LogP contribution in [-0.4, -0.2) is 26.4 Å². The lowest BCUT2D eigenvalue weighted by atomic mass is 10.0. The highest BCUT2D eigenvalue weighted by Gasteiger charge is 2.14. The molecule has 1 fully saturated rings. The number of benzene rings is 1. The molecule has 0 unspecified atom stereocenters. The molecule has 1 aliphatic heterocycles. The third-order valence-corrected chi connectivity index (χ3v) is 3.63. The zero-order valence-corrected chi connectivity index (χ0v) is 12.7. The number of hydrogen-bond acceptors (Lipinski definition) is 3. The van der Waals surface area contributed by atoms with Gasteiger partial charge in [-0.25, -0.2) is 0 Å². The van der Waals surface area contributed by atoms with Gasteiger partial charge in [0.15, 0.2) is 0 Å². The topological polar surface area (TPSA) is 30.5 Å². The van der Waals surface area contributed by atoms with Crippen molar-refractivity contribution in [2.45, 2.75) is 33.2 Å². The summed E-state index contributed by atoms with van der Waals surface area (Å²) in [6.07, 6.45) is 2.24. The summed E-state index contributed by atoms with van der Waals surface area (Å²) in [5.74, 6) is 2.32. The lowest BCUT2D eigenvalue weighted by molar-refractivity contribution is 0.0497. The maximum Gasteiger partial charge on any atom is 0.119 e. The summed E-state index contributed by atoms with van der Waals surface area (Å²) in [4.78, 5) is 0. The standard InChI is InChI=1S/C17H27NO2/c1-14(2)11-18-12-15-3-5-17(6-4-15)20-13-16-7-9-19-10-8-16/h3-6,14,16,18H,7-13H2,1-2H3. The Bertz CT molecular complexity index is 369. The van der Waals surface area contributed by atoms with E-state index >= 15 is 0 Å². The van der Waals surface area contributed by atoms with Gasteiger partial charge in [-0.1, -0.05) is 26.0 Å². The summed E-state index contributed by atoms with van der Waals surface area (Å²) >= 11 is 0. The molecule has 3 heteroatoms. The molecule has 1 N–H and O–H groups in total. The second-order valence-electron chi connectivity index (χ2n) is 6.04.